The van der Waals surface area contributed by atoms with Crippen molar-refractivity contribution in [3.63, 3.8) is 0 Å². The van der Waals surface area contributed by atoms with E-state index in [4.69, 9.17) is 5.26 Å². The van der Waals surface area contributed by atoms with E-state index in [0.717, 1.165) is 31.7 Å². The first kappa shape index (κ1) is 14.7. The zero-order chi connectivity index (χ0) is 14.8. The molecule has 1 fully saturated rings. The van der Waals surface area contributed by atoms with E-state index in [-0.39, 0.29) is 17.3 Å². The van der Waals surface area contributed by atoms with Gasteiger partial charge in [0.2, 0.25) is 0 Å². The van der Waals surface area contributed by atoms with Crippen molar-refractivity contribution in [2.45, 2.75) is 44.8 Å². The van der Waals surface area contributed by atoms with Gasteiger partial charge < -0.3 is 5.32 Å². The van der Waals surface area contributed by atoms with Gasteiger partial charge in [0.05, 0.1) is 17.2 Å². The number of hydrogen-bond acceptors (Lipinski definition) is 2. The average molecular weight is 282 g/mol. The number of hydrogen-bond donors (Lipinski definition) is 1. The Balaban J connectivity index is 2.21. The molecule has 1 aromatic rings. The number of nitrogens with zero attached hydrogens (tertiary/aromatic N) is 1. The Morgan fingerprint density at radius 2 is 1.85 bits per heavy atom. The van der Waals surface area contributed by atoms with Crippen molar-refractivity contribution >= 4 is 5.69 Å². The minimum absolute atomic E-state index is 0.0279. The van der Waals surface area contributed by atoms with E-state index >= 15 is 0 Å². The molecule has 0 saturated heterocycles. The molecule has 0 amide bonds. The quantitative estimate of drug-likeness (QED) is 0.862. The van der Waals surface area contributed by atoms with Gasteiger partial charge in [0.1, 0.15) is 0 Å². The maximum absolute atomic E-state index is 13.0. The second-order valence-corrected chi connectivity index (χ2v) is 5.47. The molecule has 0 bridgehead atoms. The highest BCUT2D eigenvalue weighted by Gasteiger charge is 2.34. The molecule has 1 N–H and O–H groups in total. The summed E-state index contributed by atoms with van der Waals surface area (Å²) in [6.07, 6.45) is -0.599. The van der Waals surface area contributed by atoms with Crippen molar-refractivity contribution in [3.8, 4) is 6.07 Å². The molecule has 0 aromatic heterocycles. The lowest BCUT2D eigenvalue weighted by molar-refractivity contribution is -0.137. The second-order valence-electron chi connectivity index (χ2n) is 5.47. The molecule has 0 radical (unpaired) electrons. The van der Waals surface area contributed by atoms with Crippen LogP contribution in [0.5, 0.6) is 0 Å². The van der Waals surface area contributed by atoms with E-state index in [2.05, 4.69) is 12.2 Å². The van der Waals surface area contributed by atoms with Crippen LogP contribution in [0.1, 0.15) is 43.7 Å². The number of alkyl halides is 3. The van der Waals surface area contributed by atoms with Gasteiger partial charge in [-0.15, -0.1) is 0 Å². The molecule has 1 aliphatic carbocycles. The van der Waals surface area contributed by atoms with Gasteiger partial charge in [0.15, 0.2) is 0 Å². The lowest BCUT2D eigenvalue weighted by atomic mass is 9.87. The first-order valence-electron chi connectivity index (χ1n) is 6.78. The van der Waals surface area contributed by atoms with E-state index in [0.29, 0.717) is 5.92 Å². The molecule has 0 spiro atoms. The van der Waals surface area contributed by atoms with E-state index in [1.807, 2.05) is 0 Å². The fourth-order valence-corrected chi connectivity index (χ4v) is 2.60. The topological polar surface area (TPSA) is 35.8 Å². The summed E-state index contributed by atoms with van der Waals surface area (Å²) in [4.78, 5) is 0. The minimum Gasteiger partial charge on any atom is -0.382 e. The zero-order valence-electron chi connectivity index (χ0n) is 11.3. The molecule has 0 heterocycles. The normalized spacial score (nSPS) is 23.1. The van der Waals surface area contributed by atoms with Gasteiger partial charge in [-0.2, -0.15) is 18.4 Å². The third-order valence-corrected chi connectivity index (χ3v) is 3.83. The van der Waals surface area contributed by atoms with Crippen LogP contribution in [-0.2, 0) is 6.18 Å². The monoisotopic (exact) mass is 282 g/mol. The molecule has 1 aliphatic rings. The van der Waals surface area contributed by atoms with Crippen LogP contribution in [0, 0.1) is 17.2 Å². The second kappa shape index (κ2) is 5.74. The molecule has 0 unspecified atom stereocenters. The van der Waals surface area contributed by atoms with Gasteiger partial charge in [0.25, 0.3) is 0 Å². The molecule has 0 atom stereocenters. The fourth-order valence-electron chi connectivity index (χ4n) is 2.60. The Hall–Kier alpha value is -1.70. The third-order valence-electron chi connectivity index (χ3n) is 3.83. The Morgan fingerprint density at radius 1 is 1.20 bits per heavy atom. The number of anilines is 1. The standard InChI is InChI=1S/C15H17F3N2/c1-10-2-5-12(6-3-10)20-14-7-4-11(9-19)8-13(14)15(16,17)18/h4,7-8,10,12,20H,2-3,5-6H2,1H3. The molecule has 108 valence electrons. The summed E-state index contributed by atoms with van der Waals surface area (Å²) >= 11 is 0. The summed E-state index contributed by atoms with van der Waals surface area (Å²) < 4.78 is 39.1. The highest BCUT2D eigenvalue weighted by atomic mass is 19.4. The highest BCUT2D eigenvalue weighted by molar-refractivity contribution is 5.56. The van der Waals surface area contributed by atoms with Gasteiger partial charge in [-0.05, 0) is 49.8 Å². The predicted octanol–water partition coefficient (Wildman–Crippen LogP) is 4.57. The molecule has 5 heteroatoms. The van der Waals surface area contributed by atoms with Crippen molar-refractivity contribution in [1.29, 1.82) is 5.26 Å². The predicted molar refractivity (Wildman–Crippen MR) is 71.2 cm³/mol. The van der Waals surface area contributed by atoms with Crippen LogP contribution in [0.15, 0.2) is 18.2 Å². The van der Waals surface area contributed by atoms with Gasteiger partial charge in [-0.1, -0.05) is 6.92 Å². The van der Waals surface area contributed by atoms with Crippen LogP contribution in [0.4, 0.5) is 18.9 Å². The third kappa shape index (κ3) is 3.44. The summed E-state index contributed by atoms with van der Waals surface area (Å²) in [7, 11) is 0. The first-order chi connectivity index (χ1) is 9.40. The number of halogens is 3. The molecule has 2 nitrogen and oxygen atoms in total. The molecule has 1 saturated carbocycles. The molecule has 20 heavy (non-hydrogen) atoms. The van der Waals surface area contributed by atoms with Crippen molar-refractivity contribution in [3.05, 3.63) is 29.3 Å². The molecule has 0 aliphatic heterocycles. The SMILES string of the molecule is CC1CCC(Nc2ccc(C#N)cc2C(F)(F)F)CC1. The maximum Gasteiger partial charge on any atom is 0.418 e. The van der Waals surface area contributed by atoms with E-state index in [1.165, 1.54) is 12.1 Å². The Morgan fingerprint density at radius 3 is 2.40 bits per heavy atom. The van der Waals surface area contributed by atoms with Crippen LogP contribution >= 0.6 is 0 Å². The van der Waals surface area contributed by atoms with Gasteiger partial charge in [-0.25, -0.2) is 0 Å². The van der Waals surface area contributed by atoms with Gasteiger partial charge in [0, 0.05) is 11.7 Å². The van der Waals surface area contributed by atoms with E-state index in [1.54, 1.807) is 6.07 Å². The average Bonchev–Trinajstić information content (AvgIpc) is 2.40. The Bertz CT molecular complexity index is 509. The van der Waals surface area contributed by atoms with Gasteiger partial charge >= 0.3 is 6.18 Å². The number of nitrogens with one attached hydrogen (secondary N) is 1. The van der Waals surface area contributed by atoms with Gasteiger partial charge in [-0.3, -0.25) is 0 Å². The fraction of sp³-hybridized carbons (Fsp3) is 0.533. The van der Waals surface area contributed by atoms with E-state index < -0.39 is 11.7 Å². The summed E-state index contributed by atoms with van der Waals surface area (Å²) in [5, 5.41) is 11.7. The molecule has 1 aromatic carbocycles. The molecular formula is C15H17F3N2. The van der Waals surface area contributed by atoms with Crippen molar-refractivity contribution in [2.75, 3.05) is 5.32 Å². The minimum atomic E-state index is -4.45. The smallest absolute Gasteiger partial charge is 0.382 e. The Labute approximate surface area is 116 Å². The summed E-state index contributed by atoms with van der Waals surface area (Å²) in [6, 6.07) is 5.52. The first-order valence-corrected chi connectivity index (χ1v) is 6.78. The van der Waals surface area contributed by atoms with Crippen LogP contribution in [0.2, 0.25) is 0 Å². The maximum atomic E-state index is 13.0. The van der Waals surface area contributed by atoms with E-state index in [9.17, 15) is 13.2 Å². The van der Waals surface area contributed by atoms with Crippen LogP contribution in [-0.4, -0.2) is 6.04 Å². The van der Waals surface area contributed by atoms with Crippen molar-refractivity contribution in [1.82, 2.24) is 0 Å². The molecular weight excluding hydrogens is 265 g/mol. The zero-order valence-corrected chi connectivity index (χ0v) is 11.3. The summed E-state index contributed by atoms with van der Waals surface area (Å²) in [6.45, 7) is 2.17. The summed E-state index contributed by atoms with van der Waals surface area (Å²) in [5.74, 6) is 0.649. The summed E-state index contributed by atoms with van der Waals surface area (Å²) in [5.41, 5.74) is -0.647. The lowest BCUT2D eigenvalue weighted by Crippen LogP contribution is -2.26. The van der Waals surface area contributed by atoms with Crippen molar-refractivity contribution < 1.29 is 13.2 Å². The number of nitriles is 1. The highest BCUT2D eigenvalue weighted by Crippen LogP contribution is 2.37. The van der Waals surface area contributed by atoms with Crippen LogP contribution < -0.4 is 5.32 Å². The van der Waals surface area contributed by atoms with Crippen LogP contribution in [0.3, 0.4) is 0 Å². The Kier molecular flexibility index (Phi) is 4.22. The molecule has 2 rings (SSSR count). The van der Waals surface area contributed by atoms with Crippen molar-refractivity contribution in [2.24, 2.45) is 5.92 Å². The van der Waals surface area contributed by atoms with Crippen LogP contribution in [0.25, 0.3) is 0 Å². The lowest BCUT2D eigenvalue weighted by Gasteiger charge is -2.28. The number of rotatable bonds is 2. The largest absolute Gasteiger partial charge is 0.418 e. The number of benzene rings is 1.